The third-order valence-corrected chi connectivity index (χ3v) is 6.91. The van der Waals surface area contributed by atoms with Crippen molar-refractivity contribution in [1.29, 1.82) is 0 Å². The highest BCUT2D eigenvalue weighted by Crippen LogP contribution is 2.27. The molecular formula is C21H23N5OS2. The number of carbonyl (C=O) groups is 1. The molecule has 0 aliphatic carbocycles. The number of amides is 1. The van der Waals surface area contributed by atoms with E-state index in [0.717, 1.165) is 30.9 Å². The van der Waals surface area contributed by atoms with E-state index in [1.807, 2.05) is 25.6 Å². The van der Waals surface area contributed by atoms with E-state index in [4.69, 9.17) is 0 Å². The van der Waals surface area contributed by atoms with Crippen molar-refractivity contribution in [2.75, 3.05) is 29.9 Å². The van der Waals surface area contributed by atoms with Crippen molar-refractivity contribution in [2.24, 2.45) is 0 Å². The average molecular weight is 426 g/mol. The lowest BCUT2D eigenvalue weighted by molar-refractivity contribution is 0.102. The van der Waals surface area contributed by atoms with Crippen molar-refractivity contribution < 1.29 is 4.79 Å². The number of thiazole rings is 1. The summed E-state index contributed by atoms with van der Waals surface area (Å²) in [6, 6.07) is 8.07. The van der Waals surface area contributed by atoms with Crippen LogP contribution in [0.25, 0.3) is 10.8 Å². The first kappa shape index (κ1) is 20.0. The first-order valence-electron chi connectivity index (χ1n) is 9.56. The highest BCUT2D eigenvalue weighted by molar-refractivity contribution is 7.99. The molecule has 1 saturated heterocycles. The predicted octanol–water partition coefficient (Wildman–Crippen LogP) is 4.02. The predicted molar refractivity (Wildman–Crippen MR) is 120 cm³/mol. The SMILES string of the molecule is Cc1ccc(CN2CCSCC2)cc1NC(=O)c1sc(-c2ncccn2)nc1C. The third-order valence-electron chi connectivity index (χ3n) is 4.82. The number of hydrogen-bond donors (Lipinski definition) is 1. The second kappa shape index (κ2) is 9.02. The molecule has 1 aliphatic rings. The van der Waals surface area contributed by atoms with Crippen molar-refractivity contribution in [3.05, 3.63) is 58.4 Å². The van der Waals surface area contributed by atoms with Crippen LogP contribution in [0.3, 0.4) is 0 Å². The van der Waals surface area contributed by atoms with Crippen LogP contribution in [0.15, 0.2) is 36.7 Å². The summed E-state index contributed by atoms with van der Waals surface area (Å²) in [5.41, 5.74) is 3.81. The van der Waals surface area contributed by atoms with Gasteiger partial charge in [-0.2, -0.15) is 11.8 Å². The van der Waals surface area contributed by atoms with Crippen LogP contribution < -0.4 is 5.32 Å². The van der Waals surface area contributed by atoms with Gasteiger partial charge in [0.2, 0.25) is 0 Å². The van der Waals surface area contributed by atoms with Crippen molar-refractivity contribution in [3.63, 3.8) is 0 Å². The summed E-state index contributed by atoms with van der Waals surface area (Å²) < 4.78 is 0. The van der Waals surface area contributed by atoms with Crippen LogP contribution in [0.1, 0.15) is 26.5 Å². The number of anilines is 1. The van der Waals surface area contributed by atoms with E-state index in [-0.39, 0.29) is 5.91 Å². The van der Waals surface area contributed by atoms with E-state index in [1.165, 1.54) is 28.4 Å². The lowest BCUT2D eigenvalue weighted by atomic mass is 10.1. The number of aromatic nitrogens is 3. The second-order valence-electron chi connectivity index (χ2n) is 7.00. The number of hydrogen-bond acceptors (Lipinski definition) is 7. The first-order valence-corrected chi connectivity index (χ1v) is 11.5. The van der Waals surface area contributed by atoms with Gasteiger partial charge in [-0.25, -0.2) is 15.0 Å². The lowest BCUT2D eigenvalue weighted by Crippen LogP contribution is -2.32. The van der Waals surface area contributed by atoms with Gasteiger partial charge in [0.15, 0.2) is 10.8 Å². The van der Waals surface area contributed by atoms with Crippen LogP contribution in [0.5, 0.6) is 0 Å². The Morgan fingerprint density at radius 2 is 1.93 bits per heavy atom. The molecule has 0 bridgehead atoms. The Morgan fingerprint density at radius 1 is 1.17 bits per heavy atom. The van der Waals surface area contributed by atoms with E-state index in [1.54, 1.807) is 18.5 Å². The Morgan fingerprint density at radius 3 is 2.69 bits per heavy atom. The Labute approximate surface area is 178 Å². The van der Waals surface area contributed by atoms with Crippen LogP contribution in [0.2, 0.25) is 0 Å². The quantitative estimate of drug-likeness (QED) is 0.666. The standard InChI is InChI=1S/C21H23N5OS2/c1-14-4-5-16(13-26-8-10-28-11-9-26)12-17(14)25-20(27)18-15(2)24-21(29-18)19-22-6-3-7-23-19/h3-7,12H,8-11,13H2,1-2H3,(H,25,27). The van der Waals surface area contributed by atoms with Crippen molar-refractivity contribution in [3.8, 4) is 10.8 Å². The number of nitrogens with one attached hydrogen (secondary N) is 1. The van der Waals surface area contributed by atoms with Gasteiger partial charge in [0.05, 0.1) is 5.69 Å². The van der Waals surface area contributed by atoms with Gasteiger partial charge in [0.1, 0.15) is 4.88 Å². The number of rotatable bonds is 5. The van der Waals surface area contributed by atoms with E-state index in [9.17, 15) is 4.79 Å². The third kappa shape index (κ3) is 4.83. The number of nitrogens with zero attached hydrogens (tertiary/aromatic N) is 4. The van der Waals surface area contributed by atoms with Gasteiger partial charge < -0.3 is 5.32 Å². The summed E-state index contributed by atoms with van der Waals surface area (Å²) >= 11 is 3.33. The molecule has 4 rings (SSSR count). The fraction of sp³-hybridized carbons (Fsp3) is 0.333. The second-order valence-corrected chi connectivity index (χ2v) is 9.22. The molecule has 1 amide bonds. The molecule has 150 valence electrons. The summed E-state index contributed by atoms with van der Waals surface area (Å²) in [5, 5.41) is 3.73. The molecule has 0 atom stereocenters. The number of thioether (sulfide) groups is 1. The molecule has 0 radical (unpaired) electrons. The van der Waals surface area contributed by atoms with E-state index in [2.05, 4.69) is 43.4 Å². The highest BCUT2D eigenvalue weighted by Gasteiger charge is 2.18. The van der Waals surface area contributed by atoms with Gasteiger partial charge in [-0.3, -0.25) is 9.69 Å². The maximum Gasteiger partial charge on any atom is 0.267 e. The molecule has 1 fully saturated rings. The highest BCUT2D eigenvalue weighted by atomic mass is 32.2. The molecule has 1 N–H and O–H groups in total. The molecule has 2 aromatic heterocycles. The van der Waals surface area contributed by atoms with Gasteiger partial charge in [-0.15, -0.1) is 11.3 Å². The Balaban J connectivity index is 1.51. The van der Waals surface area contributed by atoms with E-state index < -0.39 is 0 Å². The zero-order valence-electron chi connectivity index (χ0n) is 16.5. The van der Waals surface area contributed by atoms with Crippen molar-refractivity contribution in [1.82, 2.24) is 19.9 Å². The molecule has 0 spiro atoms. The fourth-order valence-electron chi connectivity index (χ4n) is 3.21. The summed E-state index contributed by atoms with van der Waals surface area (Å²) in [5.74, 6) is 2.77. The summed E-state index contributed by atoms with van der Waals surface area (Å²) in [4.78, 5) is 28.9. The van der Waals surface area contributed by atoms with Gasteiger partial charge in [-0.05, 0) is 37.1 Å². The van der Waals surface area contributed by atoms with Gasteiger partial charge >= 0.3 is 0 Å². The lowest BCUT2D eigenvalue weighted by Gasteiger charge is -2.26. The van der Waals surface area contributed by atoms with E-state index in [0.29, 0.717) is 21.4 Å². The zero-order valence-corrected chi connectivity index (χ0v) is 18.1. The van der Waals surface area contributed by atoms with E-state index >= 15 is 0 Å². The topological polar surface area (TPSA) is 71.0 Å². The summed E-state index contributed by atoms with van der Waals surface area (Å²) in [6.07, 6.45) is 3.35. The number of carbonyl (C=O) groups excluding carboxylic acids is 1. The van der Waals surface area contributed by atoms with Crippen LogP contribution in [0.4, 0.5) is 5.69 Å². The monoisotopic (exact) mass is 425 g/mol. The van der Waals surface area contributed by atoms with Crippen LogP contribution in [-0.4, -0.2) is 50.4 Å². The minimum absolute atomic E-state index is 0.142. The van der Waals surface area contributed by atoms with Crippen molar-refractivity contribution in [2.45, 2.75) is 20.4 Å². The summed E-state index contributed by atoms with van der Waals surface area (Å²) in [7, 11) is 0. The average Bonchev–Trinajstić information content (AvgIpc) is 3.14. The Bertz CT molecular complexity index is 1000. The van der Waals surface area contributed by atoms with Crippen molar-refractivity contribution >= 4 is 34.7 Å². The molecule has 0 saturated carbocycles. The Hall–Kier alpha value is -2.29. The normalized spacial score (nSPS) is 14.7. The zero-order chi connectivity index (χ0) is 20.2. The van der Waals surface area contributed by atoms with Crippen LogP contribution in [0, 0.1) is 13.8 Å². The molecular weight excluding hydrogens is 402 g/mol. The molecule has 1 aromatic carbocycles. The molecule has 29 heavy (non-hydrogen) atoms. The van der Waals surface area contributed by atoms with Crippen LogP contribution >= 0.6 is 23.1 Å². The fourth-order valence-corrected chi connectivity index (χ4v) is 5.10. The number of aryl methyl sites for hydroxylation is 2. The molecule has 8 heteroatoms. The Kier molecular flexibility index (Phi) is 6.22. The molecule has 0 unspecified atom stereocenters. The maximum atomic E-state index is 12.9. The number of benzene rings is 1. The minimum Gasteiger partial charge on any atom is -0.321 e. The molecule has 3 heterocycles. The van der Waals surface area contributed by atoms with Gasteiger partial charge in [0, 0.05) is 49.2 Å². The smallest absolute Gasteiger partial charge is 0.267 e. The summed E-state index contributed by atoms with van der Waals surface area (Å²) in [6.45, 7) is 7.00. The maximum absolute atomic E-state index is 12.9. The molecule has 6 nitrogen and oxygen atoms in total. The molecule has 1 aliphatic heterocycles. The molecule has 3 aromatic rings. The first-order chi connectivity index (χ1) is 14.1. The van der Waals surface area contributed by atoms with Gasteiger partial charge in [0.25, 0.3) is 5.91 Å². The largest absolute Gasteiger partial charge is 0.321 e. The van der Waals surface area contributed by atoms with Crippen LogP contribution in [-0.2, 0) is 6.54 Å². The van der Waals surface area contributed by atoms with Gasteiger partial charge in [-0.1, -0.05) is 12.1 Å². The minimum atomic E-state index is -0.142.